The molecule has 1 aromatic carbocycles. The Kier molecular flexibility index (Phi) is 4.67. The fourth-order valence-corrected chi connectivity index (χ4v) is 3.80. The van der Waals surface area contributed by atoms with Crippen molar-refractivity contribution >= 4 is 15.7 Å². The van der Waals surface area contributed by atoms with Crippen LogP contribution in [0, 0.1) is 6.92 Å². The van der Waals surface area contributed by atoms with Crippen LogP contribution in [0.5, 0.6) is 0 Å². The number of nitrogens with one attached hydrogen (secondary N) is 1. The SMILES string of the molecule is CCN1CCCC1CNS(=O)(=O)c1ccc(N)c(C)c1. The highest BCUT2D eigenvalue weighted by molar-refractivity contribution is 7.89. The van der Waals surface area contributed by atoms with Crippen molar-refractivity contribution < 1.29 is 8.42 Å². The summed E-state index contributed by atoms with van der Waals surface area (Å²) in [6, 6.07) is 5.11. The molecule has 0 amide bonds. The van der Waals surface area contributed by atoms with Crippen LogP contribution in [-0.2, 0) is 10.0 Å². The van der Waals surface area contributed by atoms with Gasteiger partial charge in [0.15, 0.2) is 0 Å². The van der Waals surface area contributed by atoms with Gasteiger partial charge in [0.25, 0.3) is 0 Å². The molecule has 1 aromatic rings. The molecule has 1 unspecified atom stereocenters. The molecule has 0 aliphatic carbocycles. The predicted molar refractivity (Wildman–Crippen MR) is 81.0 cm³/mol. The van der Waals surface area contributed by atoms with Crippen LogP contribution in [0.3, 0.4) is 0 Å². The van der Waals surface area contributed by atoms with Gasteiger partial charge in [0.2, 0.25) is 10.0 Å². The van der Waals surface area contributed by atoms with Crippen LogP contribution in [0.1, 0.15) is 25.3 Å². The minimum Gasteiger partial charge on any atom is -0.399 e. The van der Waals surface area contributed by atoms with Crippen LogP contribution in [0.2, 0.25) is 0 Å². The van der Waals surface area contributed by atoms with E-state index >= 15 is 0 Å². The van der Waals surface area contributed by atoms with Crippen LogP contribution < -0.4 is 10.5 Å². The van der Waals surface area contributed by atoms with Gasteiger partial charge in [-0.2, -0.15) is 0 Å². The van der Waals surface area contributed by atoms with E-state index in [0.717, 1.165) is 31.5 Å². The van der Waals surface area contributed by atoms with Gasteiger partial charge >= 0.3 is 0 Å². The van der Waals surface area contributed by atoms with Gasteiger partial charge in [-0.05, 0) is 56.6 Å². The number of likely N-dealkylation sites (N-methyl/N-ethyl adjacent to an activating group) is 1. The van der Waals surface area contributed by atoms with E-state index in [4.69, 9.17) is 5.73 Å². The van der Waals surface area contributed by atoms with E-state index in [1.807, 2.05) is 6.92 Å². The number of hydrogen-bond acceptors (Lipinski definition) is 4. The molecule has 2 rings (SSSR count). The quantitative estimate of drug-likeness (QED) is 0.804. The summed E-state index contributed by atoms with van der Waals surface area (Å²) >= 11 is 0. The Morgan fingerprint density at radius 3 is 2.85 bits per heavy atom. The molecule has 0 bridgehead atoms. The van der Waals surface area contributed by atoms with E-state index in [1.165, 1.54) is 0 Å². The average Bonchev–Trinajstić information content (AvgIpc) is 2.87. The van der Waals surface area contributed by atoms with Crippen LogP contribution in [0.25, 0.3) is 0 Å². The number of nitrogens with two attached hydrogens (primary N) is 1. The number of aryl methyl sites for hydroxylation is 1. The van der Waals surface area contributed by atoms with E-state index in [9.17, 15) is 8.42 Å². The molecule has 0 spiro atoms. The minimum atomic E-state index is -3.45. The Labute approximate surface area is 121 Å². The first-order chi connectivity index (χ1) is 9.44. The van der Waals surface area contributed by atoms with Crippen molar-refractivity contribution in [2.24, 2.45) is 0 Å². The molecule has 1 fully saturated rings. The Hall–Kier alpha value is -1.11. The van der Waals surface area contributed by atoms with Crippen LogP contribution in [0.15, 0.2) is 23.1 Å². The van der Waals surface area contributed by atoms with Gasteiger partial charge in [0, 0.05) is 18.3 Å². The average molecular weight is 297 g/mol. The molecule has 1 saturated heterocycles. The van der Waals surface area contributed by atoms with Crippen molar-refractivity contribution in [1.29, 1.82) is 0 Å². The fourth-order valence-electron chi connectivity index (χ4n) is 2.65. The predicted octanol–water partition coefficient (Wildman–Crippen LogP) is 1.34. The van der Waals surface area contributed by atoms with E-state index in [-0.39, 0.29) is 4.90 Å². The van der Waals surface area contributed by atoms with Crippen molar-refractivity contribution in [2.45, 2.75) is 37.6 Å². The maximum atomic E-state index is 12.3. The fraction of sp³-hybridized carbons (Fsp3) is 0.571. The Morgan fingerprint density at radius 1 is 1.45 bits per heavy atom. The van der Waals surface area contributed by atoms with Gasteiger partial charge in [-0.25, -0.2) is 13.1 Å². The standard InChI is InChI=1S/C14H23N3O2S/c1-3-17-8-4-5-12(17)10-16-20(18,19)13-6-7-14(15)11(2)9-13/h6-7,9,12,16H,3-5,8,10,15H2,1-2H3. The number of anilines is 1. The molecule has 0 saturated carbocycles. The number of nitrogen functional groups attached to an aromatic ring is 1. The Balaban J connectivity index is 2.05. The maximum absolute atomic E-state index is 12.3. The molecule has 3 N–H and O–H groups in total. The summed E-state index contributed by atoms with van der Waals surface area (Å²) in [7, 11) is -3.45. The van der Waals surface area contributed by atoms with Crippen LogP contribution in [0.4, 0.5) is 5.69 Å². The molecular formula is C14H23N3O2S. The highest BCUT2D eigenvalue weighted by atomic mass is 32.2. The summed E-state index contributed by atoms with van der Waals surface area (Å²) in [5.74, 6) is 0. The minimum absolute atomic E-state index is 0.283. The first-order valence-electron chi connectivity index (χ1n) is 7.04. The summed E-state index contributed by atoms with van der Waals surface area (Å²) in [5.41, 5.74) is 7.11. The Bertz CT molecular complexity index is 572. The lowest BCUT2D eigenvalue weighted by Gasteiger charge is -2.22. The van der Waals surface area contributed by atoms with Gasteiger partial charge in [-0.15, -0.1) is 0 Å². The summed E-state index contributed by atoms with van der Waals surface area (Å²) < 4.78 is 27.3. The third-order valence-electron chi connectivity index (χ3n) is 3.97. The van der Waals surface area contributed by atoms with Gasteiger partial charge in [-0.1, -0.05) is 6.92 Å². The number of nitrogens with zero attached hydrogens (tertiary/aromatic N) is 1. The first kappa shape index (κ1) is 15.3. The molecule has 0 radical (unpaired) electrons. The number of rotatable bonds is 5. The Morgan fingerprint density at radius 2 is 2.20 bits per heavy atom. The van der Waals surface area contributed by atoms with Crippen molar-refractivity contribution in [3.8, 4) is 0 Å². The molecule has 1 aliphatic heterocycles. The lowest BCUT2D eigenvalue weighted by atomic mass is 10.2. The van der Waals surface area contributed by atoms with Gasteiger partial charge in [0.05, 0.1) is 4.90 Å². The van der Waals surface area contributed by atoms with E-state index in [1.54, 1.807) is 18.2 Å². The molecule has 6 heteroatoms. The number of likely N-dealkylation sites (tertiary alicyclic amines) is 1. The normalized spacial score (nSPS) is 20.4. The van der Waals surface area contributed by atoms with E-state index in [2.05, 4.69) is 16.5 Å². The van der Waals surface area contributed by atoms with E-state index < -0.39 is 10.0 Å². The molecule has 0 aromatic heterocycles. The van der Waals surface area contributed by atoms with Gasteiger partial charge < -0.3 is 5.73 Å². The summed E-state index contributed by atoms with van der Waals surface area (Å²) in [6.07, 6.45) is 2.19. The zero-order valence-corrected chi connectivity index (χ0v) is 12.9. The molecule has 1 heterocycles. The smallest absolute Gasteiger partial charge is 0.240 e. The number of benzene rings is 1. The van der Waals surface area contributed by atoms with Crippen molar-refractivity contribution in [3.05, 3.63) is 23.8 Å². The van der Waals surface area contributed by atoms with Crippen molar-refractivity contribution in [3.63, 3.8) is 0 Å². The number of sulfonamides is 1. The molecular weight excluding hydrogens is 274 g/mol. The summed E-state index contributed by atoms with van der Waals surface area (Å²) in [5, 5.41) is 0. The second-order valence-electron chi connectivity index (χ2n) is 5.29. The van der Waals surface area contributed by atoms with E-state index in [0.29, 0.717) is 18.3 Å². The lowest BCUT2D eigenvalue weighted by Crippen LogP contribution is -2.40. The molecule has 112 valence electrons. The van der Waals surface area contributed by atoms with Crippen molar-refractivity contribution in [2.75, 3.05) is 25.4 Å². The summed E-state index contributed by atoms with van der Waals surface area (Å²) in [4.78, 5) is 2.60. The first-order valence-corrected chi connectivity index (χ1v) is 8.52. The topological polar surface area (TPSA) is 75.4 Å². The monoisotopic (exact) mass is 297 g/mol. The highest BCUT2D eigenvalue weighted by Gasteiger charge is 2.25. The third-order valence-corrected chi connectivity index (χ3v) is 5.39. The van der Waals surface area contributed by atoms with Crippen LogP contribution in [-0.4, -0.2) is 39.0 Å². The number of hydrogen-bond donors (Lipinski definition) is 2. The zero-order valence-electron chi connectivity index (χ0n) is 12.1. The second kappa shape index (κ2) is 6.11. The molecule has 20 heavy (non-hydrogen) atoms. The van der Waals surface area contributed by atoms with Crippen molar-refractivity contribution in [1.82, 2.24) is 9.62 Å². The lowest BCUT2D eigenvalue weighted by molar-refractivity contribution is 0.268. The molecule has 1 atom stereocenters. The third kappa shape index (κ3) is 3.31. The van der Waals surface area contributed by atoms with Gasteiger partial charge in [-0.3, -0.25) is 4.90 Å². The van der Waals surface area contributed by atoms with Crippen LogP contribution >= 0.6 is 0 Å². The zero-order chi connectivity index (χ0) is 14.8. The second-order valence-corrected chi connectivity index (χ2v) is 7.06. The molecule has 5 nitrogen and oxygen atoms in total. The van der Waals surface area contributed by atoms with Gasteiger partial charge in [0.1, 0.15) is 0 Å². The molecule has 1 aliphatic rings. The highest BCUT2D eigenvalue weighted by Crippen LogP contribution is 2.19. The largest absolute Gasteiger partial charge is 0.399 e. The summed E-state index contributed by atoms with van der Waals surface area (Å²) in [6.45, 7) is 6.41. The maximum Gasteiger partial charge on any atom is 0.240 e.